The van der Waals surface area contributed by atoms with Gasteiger partial charge >= 0.3 is 5.97 Å². The summed E-state index contributed by atoms with van der Waals surface area (Å²) < 4.78 is 15.5. The first-order valence-corrected chi connectivity index (χ1v) is 7.50. The van der Waals surface area contributed by atoms with Gasteiger partial charge < -0.3 is 34.6 Å². The topological polar surface area (TPSA) is 149 Å². The molecule has 0 aromatic heterocycles. The van der Waals surface area contributed by atoms with Gasteiger partial charge in [0.2, 0.25) is 0 Å². The third kappa shape index (κ3) is 4.66. The molecule has 0 bridgehead atoms. The molecule has 2 rings (SSSR count). The number of nitriles is 1. The summed E-state index contributed by atoms with van der Waals surface area (Å²) in [5.41, 5.74) is 0.315. The molecule has 25 heavy (non-hydrogen) atoms. The normalized spacial score (nSPS) is 30.3. The molecule has 1 heterocycles. The summed E-state index contributed by atoms with van der Waals surface area (Å²) in [7, 11) is 0. The number of aliphatic hydroxyl groups is 3. The zero-order chi connectivity index (χ0) is 18.6. The Hall–Kier alpha value is -2.22. The van der Waals surface area contributed by atoms with E-state index in [0.717, 1.165) is 0 Å². The van der Waals surface area contributed by atoms with Gasteiger partial charge in [0.05, 0.1) is 6.07 Å². The second kappa shape index (κ2) is 8.24. The van der Waals surface area contributed by atoms with Crippen molar-refractivity contribution in [1.82, 2.24) is 0 Å². The molecule has 0 radical (unpaired) electrons. The summed E-state index contributed by atoms with van der Waals surface area (Å²) in [6.07, 6.45) is -8.56. The van der Waals surface area contributed by atoms with Crippen LogP contribution in [0.4, 0.5) is 0 Å². The fourth-order valence-electron chi connectivity index (χ4n) is 2.37. The fraction of sp³-hybridized carbons (Fsp3) is 0.500. The predicted octanol–water partition coefficient (Wildman–Crippen LogP) is -0.656. The standard InChI is InChI=1S/C16H19NO8/c1-8(18)23-7-12-13(20)14(21)15(22)16(25-12)24-11(6-17)9-3-2-4-10(19)5-9/h2-5,11-16,19-22H,7H2,1H3/t11-,12+,13+,14-,15+,16+/m0/s1. The molecule has 6 atom stereocenters. The Bertz CT molecular complexity index is 645. The van der Waals surface area contributed by atoms with E-state index < -0.39 is 42.8 Å². The average Bonchev–Trinajstić information content (AvgIpc) is 2.58. The second-order valence-corrected chi connectivity index (χ2v) is 5.56. The van der Waals surface area contributed by atoms with Crippen LogP contribution in [-0.4, -0.2) is 63.7 Å². The van der Waals surface area contributed by atoms with Crippen molar-refractivity contribution in [3.05, 3.63) is 29.8 Å². The van der Waals surface area contributed by atoms with Crippen molar-refractivity contribution in [3.63, 3.8) is 0 Å². The fourth-order valence-corrected chi connectivity index (χ4v) is 2.37. The highest BCUT2D eigenvalue weighted by molar-refractivity contribution is 5.65. The van der Waals surface area contributed by atoms with E-state index in [4.69, 9.17) is 14.2 Å². The number of phenolic OH excluding ortho intramolecular Hbond substituents is 1. The lowest BCUT2D eigenvalue weighted by atomic mass is 9.99. The second-order valence-electron chi connectivity index (χ2n) is 5.56. The molecule has 0 saturated carbocycles. The van der Waals surface area contributed by atoms with Gasteiger partial charge in [-0.2, -0.15) is 5.26 Å². The number of aliphatic hydroxyl groups excluding tert-OH is 3. The van der Waals surface area contributed by atoms with Crippen molar-refractivity contribution in [2.45, 2.75) is 43.7 Å². The quantitative estimate of drug-likeness (QED) is 0.506. The summed E-state index contributed by atoms with van der Waals surface area (Å²) in [6.45, 7) is 0.811. The minimum absolute atomic E-state index is 0.0744. The van der Waals surface area contributed by atoms with Crippen LogP contribution < -0.4 is 0 Å². The highest BCUT2D eigenvalue weighted by Gasteiger charge is 2.45. The van der Waals surface area contributed by atoms with Crippen LogP contribution in [0.5, 0.6) is 5.75 Å². The summed E-state index contributed by atoms with van der Waals surface area (Å²) in [4.78, 5) is 10.9. The van der Waals surface area contributed by atoms with Crippen molar-refractivity contribution in [2.24, 2.45) is 0 Å². The maximum atomic E-state index is 10.9. The smallest absolute Gasteiger partial charge is 0.302 e. The summed E-state index contributed by atoms with van der Waals surface area (Å²) in [6, 6.07) is 7.62. The number of nitrogens with zero attached hydrogens (tertiary/aromatic N) is 1. The van der Waals surface area contributed by atoms with E-state index in [2.05, 4.69) is 0 Å². The first kappa shape index (κ1) is 19.1. The largest absolute Gasteiger partial charge is 0.508 e. The average molecular weight is 353 g/mol. The van der Waals surface area contributed by atoms with Crippen molar-refractivity contribution in [3.8, 4) is 11.8 Å². The molecule has 0 amide bonds. The van der Waals surface area contributed by atoms with Crippen molar-refractivity contribution >= 4 is 5.97 Å². The maximum Gasteiger partial charge on any atom is 0.302 e. The Morgan fingerprint density at radius 3 is 2.64 bits per heavy atom. The number of carbonyl (C=O) groups excluding carboxylic acids is 1. The molecule has 4 N–H and O–H groups in total. The first-order valence-electron chi connectivity index (χ1n) is 7.50. The molecule has 1 aromatic carbocycles. The molecule has 1 aliphatic heterocycles. The van der Waals surface area contributed by atoms with E-state index >= 15 is 0 Å². The lowest BCUT2D eigenvalue weighted by molar-refractivity contribution is -0.308. The SMILES string of the molecule is CC(=O)OC[C@H]1O[C@@H](O[C@@H](C#N)c2cccc(O)c2)[C@H](O)[C@@H](O)[C@@H]1O. The molecule has 0 aliphatic carbocycles. The minimum atomic E-state index is -1.63. The Morgan fingerprint density at radius 2 is 2.04 bits per heavy atom. The van der Waals surface area contributed by atoms with Gasteiger partial charge in [-0.1, -0.05) is 12.1 Å². The van der Waals surface area contributed by atoms with E-state index in [0.29, 0.717) is 5.56 Å². The van der Waals surface area contributed by atoms with Crippen LogP contribution in [0.3, 0.4) is 0 Å². The van der Waals surface area contributed by atoms with Gasteiger partial charge in [-0.15, -0.1) is 0 Å². The summed E-state index contributed by atoms with van der Waals surface area (Å²) in [5.74, 6) is -0.682. The molecule has 1 aliphatic rings. The number of rotatable bonds is 5. The zero-order valence-electron chi connectivity index (χ0n) is 13.3. The Labute approximate surface area is 143 Å². The number of aromatic hydroxyl groups is 1. The van der Waals surface area contributed by atoms with E-state index in [1.165, 1.54) is 31.2 Å². The molecule has 9 heteroatoms. The van der Waals surface area contributed by atoms with Gasteiger partial charge in [0.1, 0.15) is 36.8 Å². The van der Waals surface area contributed by atoms with E-state index in [-0.39, 0.29) is 12.4 Å². The van der Waals surface area contributed by atoms with Gasteiger partial charge in [0.15, 0.2) is 12.4 Å². The highest BCUT2D eigenvalue weighted by atomic mass is 16.7. The van der Waals surface area contributed by atoms with Gasteiger partial charge in [-0.3, -0.25) is 4.79 Å². The van der Waals surface area contributed by atoms with Crippen LogP contribution in [0.2, 0.25) is 0 Å². The number of hydrogen-bond acceptors (Lipinski definition) is 9. The molecular formula is C16H19NO8. The molecular weight excluding hydrogens is 334 g/mol. The van der Waals surface area contributed by atoms with Crippen molar-refractivity contribution in [2.75, 3.05) is 6.61 Å². The van der Waals surface area contributed by atoms with Crippen LogP contribution in [-0.2, 0) is 19.0 Å². The maximum absolute atomic E-state index is 10.9. The number of hydrogen-bond donors (Lipinski definition) is 4. The number of phenols is 1. The van der Waals surface area contributed by atoms with Crippen LogP contribution in [0.1, 0.15) is 18.6 Å². The molecule has 136 valence electrons. The molecule has 0 unspecified atom stereocenters. The molecule has 0 spiro atoms. The summed E-state index contributed by atoms with van der Waals surface area (Å²) >= 11 is 0. The lowest BCUT2D eigenvalue weighted by Gasteiger charge is -2.40. The number of carbonyl (C=O) groups is 1. The van der Waals surface area contributed by atoms with Crippen LogP contribution in [0.25, 0.3) is 0 Å². The third-order valence-electron chi connectivity index (χ3n) is 3.68. The van der Waals surface area contributed by atoms with Gasteiger partial charge in [-0.25, -0.2) is 0 Å². The Morgan fingerprint density at radius 1 is 1.32 bits per heavy atom. The van der Waals surface area contributed by atoms with Gasteiger partial charge in [0, 0.05) is 6.92 Å². The van der Waals surface area contributed by atoms with Gasteiger partial charge in [0.25, 0.3) is 0 Å². The molecule has 1 saturated heterocycles. The van der Waals surface area contributed by atoms with Crippen LogP contribution >= 0.6 is 0 Å². The van der Waals surface area contributed by atoms with E-state index in [1.54, 1.807) is 0 Å². The number of esters is 1. The van der Waals surface area contributed by atoms with Crippen molar-refractivity contribution < 1.29 is 39.4 Å². The molecule has 1 aromatic rings. The summed E-state index contributed by atoms with van der Waals surface area (Å²) in [5, 5.41) is 48.6. The Balaban J connectivity index is 2.12. The van der Waals surface area contributed by atoms with E-state index in [9.17, 15) is 30.5 Å². The van der Waals surface area contributed by atoms with Gasteiger partial charge in [-0.05, 0) is 17.7 Å². The van der Waals surface area contributed by atoms with Crippen molar-refractivity contribution in [1.29, 1.82) is 5.26 Å². The lowest BCUT2D eigenvalue weighted by Crippen LogP contribution is -2.59. The third-order valence-corrected chi connectivity index (χ3v) is 3.68. The zero-order valence-corrected chi connectivity index (χ0v) is 13.3. The Kier molecular flexibility index (Phi) is 6.30. The monoisotopic (exact) mass is 353 g/mol. The number of ether oxygens (including phenoxy) is 3. The first-order chi connectivity index (χ1) is 11.8. The molecule has 1 fully saturated rings. The minimum Gasteiger partial charge on any atom is -0.508 e. The molecule has 9 nitrogen and oxygen atoms in total. The van der Waals surface area contributed by atoms with Crippen LogP contribution in [0, 0.1) is 11.3 Å². The van der Waals surface area contributed by atoms with E-state index in [1.807, 2.05) is 6.07 Å². The predicted molar refractivity (Wildman–Crippen MR) is 80.9 cm³/mol. The van der Waals surface area contributed by atoms with Crippen LogP contribution in [0.15, 0.2) is 24.3 Å². The highest BCUT2D eigenvalue weighted by Crippen LogP contribution is 2.28. The number of benzene rings is 1.